The molecular weight excluding hydrogens is 194 g/mol. The van der Waals surface area contributed by atoms with Gasteiger partial charge in [0, 0.05) is 12.7 Å². The lowest BCUT2D eigenvalue weighted by atomic mass is 10.1. The minimum atomic E-state index is -0.350. The van der Waals surface area contributed by atoms with Gasteiger partial charge in [-0.1, -0.05) is 12.1 Å². The second-order valence-electron chi connectivity index (χ2n) is 2.94. The summed E-state index contributed by atoms with van der Waals surface area (Å²) in [5.74, 6) is -0.602. The van der Waals surface area contributed by atoms with Crippen LogP contribution < -0.4 is 16.4 Å². The van der Waals surface area contributed by atoms with Crippen molar-refractivity contribution in [1.29, 1.82) is 0 Å². The number of nitrogens with one attached hydrogen (secondary N) is 2. The summed E-state index contributed by atoms with van der Waals surface area (Å²) in [6, 6.07) is 6.69. The maximum absolute atomic E-state index is 11.5. The number of hydrogen-bond acceptors (Lipinski definition) is 3. The van der Waals surface area contributed by atoms with E-state index in [-0.39, 0.29) is 18.4 Å². The smallest absolute Gasteiger partial charge is 0.253 e. The van der Waals surface area contributed by atoms with Crippen molar-refractivity contribution in [3.05, 3.63) is 29.8 Å². The second-order valence-corrected chi connectivity index (χ2v) is 2.94. The molecule has 0 bridgehead atoms. The number of hydrogen-bond donors (Lipinski definition) is 3. The van der Waals surface area contributed by atoms with Crippen LogP contribution in [0.3, 0.4) is 0 Å². The summed E-state index contributed by atoms with van der Waals surface area (Å²) in [6.07, 6.45) is 0. The van der Waals surface area contributed by atoms with E-state index in [4.69, 9.17) is 5.73 Å². The number of carbonyl (C=O) groups excluding carboxylic acids is 2. The lowest BCUT2D eigenvalue weighted by molar-refractivity contribution is -0.119. The van der Waals surface area contributed by atoms with Crippen molar-refractivity contribution < 1.29 is 9.59 Å². The van der Waals surface area contributed by atoms with Crippen molar-refractivity contribution in [2.24, 2.45) is 0 Å². The van der Waals surface area contributed by atoms with Crippen LogP contribution in [0, 0.1) is 0 Å². The molecule has 0 aliphatic carbocycles. The Kier molecular flexibility index (Phi) is 3.68. The van der Waals surface area contributed by atoms with Crippen LogP contribution in [0.2, 0.25) is 0 Å². The van der Waals surface area contributed by atoms with Crippen molar-refractivity contribution in [1.82, 2.24) is 10.6 Å². The molecule has 0 aliphatic heterocycles. The van der Waals surface area contributed by atoms with Gasteiger partial charge in [-0.2, -0.15) is 0 Å². The fourth-order valence-electron chi connectivity index (χ4n) is 1.05. The molecule has 0 fully saturated rings. The topological polar surface area (TPSA) is 84.2 Å². The third-order valence-electron chi connectivity index (χ3n) is 1.89. The van der Waals surface area contributed by atoms with Crippen molar-refractivity contribution >= 4 is 17.5 Å². The molecule has 15 heavy (non-hydrogen) atoms. The Labute approximate surface area is 87.7 Å². The van der Waals surface area contributed by atoms with Crippen LogP contribution in [-0.4, -0.2) is 25.4 Å². The summed E-state index contributed by atoms with van der Waals surface area (Å²) in [4.78, 5) is 22.4. The van der Waals surface area contributed by atoms with Crippen LogP contribution in [0.25, 0.3) is 0 Å². The lowest BCUT2D eigenvalue weighted by Gasteiger charge is -2.06. The number of likely N-dealkylation sites (N-methyl/N-ethyl adjacent to an activating group) is 1. The molecule has 0 saturated carbocycles. The summed E-state index contributed by atoms with van der Waals surface area (Å²) in [6.45, 7) is -0.0519. The summed E-state index contributed by atoms with van der Waals surface area (Å²) < 4.78 is 0. The minimum Gasteiger partial charge on any atom is -0.398 e. The quantitative estimate of drug-likeness (QED) is 0.597. The Morgan fingerprint density at radius 2 is 2.00 bits per heavy atom. The van der Waals surface area contributed by atoms with Crippen molar-refractivity contribution in [3.8, 4) is 0 Å². The maximum atomic E-state index is 11.5. The zero-order chi connectivity index (χ0) is 11.3. The van der Waals surface area contributed by atoms with Crippen LogP contribution >= 0.6 is 0 Å². The monoisotopic (exact) mass is 207 g/mol. The largest absolute Gasteiger partial charge is 0.398 e. The van der Waals surface area contributed by atoms with E-state index in [1.54, 1.807) is 24.3 Å². The SMILES string of the molecule is CNC(=O)CNC(=O)c1ccccc1N. The molecule has 0 unspecified atom stereocenters. The van der Waals surface area contributed by atoms with Crippen molar-refractivity contribution in [2.45, 2.75) is 0 Å². The van der Waals surface area contributed by atoms with E-state index in [1.807, 2.05) is 0 Å². The second kappa shape index (κ2) is 4.99. The predicted molar refractivity (Wildman–Crippen MR) is 57.3 cm³/mol. The average molecular weight is 207 g/mol. The highest BCUT2D eigenvalue weighted by atomic mass is 16.2. The highest BCUT2D eigenvalue weighted by Gasteiger charge is 2.09. The molecule has 0 atom stereocenters. The number of para-hydroxylation sites is 1. The van der Waals surface area contributed by atoms with E-state index < -0.39 is 0 Å². The van der Waals surface area contributed by atoms with Gasteiger partial charge in [0.1, 0.15) is 0 Å². The first-order valence-electron chi connectivity index (χ1n) is 4.48. The van der Waals surface area contributed by atoms with Crippen LogP contribution in [-0.2, 0) is 4.79 Å². The molecule has 5 heteroatoms. The van der Waals surface area contributed by atoms with Gasteiger partial charge in [-0.05, 0) is 12.1 Å². The minimum absolute atomic E-state index is 0.0519. The molecule has 2 amide bonds. The summed E-state index contributed by atoms with van der Waals surface area (Å²) in [5.41, 5.74) is 6.37. The number of nitrogens with two attached hydrogens (primary N) is 1. The normalized spacial score (nSPS) is 9.40. The van der Waals surface area contributed by atoms with E-state index in [0.717, 1.165) is 0 Å². The summed E-state index contributed by atoms with van der Waals surface area (Å²) in [5, 5.41) is 4.86. The standard InChI is InChI=1S/C10H13N3O2/c1-12-9(14)6-13-10(15)7-4-2-3-5-8(7)11/h2-5H,6,11H2,1H3,(H,12,14)(H,13,15). The Morgan fingerprint density at radius 3 is 2.60 bits per heavy atom. The Hall–Kier alpha value is -2.04. The van der Waals surface area contributed by atoms with Crippen LogP contribution in [0.1, 0.15) is 10.4 Å². The fraction of sp³-hybridized carbons (Fsp3) is 0.200. The molecule has 0 aromatic heterocycles. The number of anilines is 1. The summed E-state index contributed by atoms with van der Waals surface area (Å²) >= 11 is 0. The molecule has 0 aliphatic rings. The molecule has 5 nitrogen and oxygen atoms in total. The highest BCUT2D eigenvalue weighted by Crippen LogP contribution is 2.09. The molecule has 80 valence electrons. The predicted octanol–water partition coefficient (Wildman–Crippen LogP) is -0.255. The zero-order valence-corrected chi connectivity index (χ0v) is 8.41. The van der Waals surface area contributed by atoms with Gasteiger partial charge in [0.2, 0.25) is 5.91 Å². The molecule has 4 N–H and O–H groups in total. The fourth-order valence-corrected chi connectivity index (χ4v) is 1.05. The number of nitrogen functional groups attached to an aromatic ring is 1. The van der Waals surface area contributed by atoms with E-state index in [9.17, 15) is 9.59 Å². The molecule has 0 saturated heterocycles. The van der Waals surface area contributed by atoms with Gasteiger partial charge in [-0.3, -0.25) is 9.59 Å². The third kappa shape index (κ3) is 2.98. The molecule has 1 aromatic carbocycles. The maximum Gasteiger partial charge on any atom is 0.253 e. The first-order chi connectivity index (χ1) is 7.15. The van der Waals surface area contributed by atoms with E-state index in [2.05, 4.69) is 10.6 Å². The van der Waals surface area contributed by atoms with Gasteiger partial charge in [-0.15, -0.1) is 0 Å². The Morgan fingerprint density at radius 1 is 1.33 bits per heavy atom. The Bertz CT molecular complexity index is 377. The van der Waals surface area contributed by atoms with Gasteiger partial charge >= 0.3 is 0 Å². The summed E-state index contributed by atoms with van der Waals surface area (Å²) in [7, 11) is 1.51. The molecule has 0 spiro atoms. The first-order valence-corrected chi connectivity index (χ1v) is 4.48. The van der Waals surface area contributed by atoms with Crippen LogP contribution in [0.5, 0.6) is 0 Å². The first kappa shape index (κ1) is 11.0. The van der Waals surface area contributed by atoms with Gasteiger partial charge in [-0.25, -0.2) is 0 Å². The van der Waals surface area contributed by atoms with E-state index in [0.29, 0.717) is 11.3 Å². The third-order valence-corrected chi connectivity index (χ3v) is 1.89. The van der Waals surface area contributed by atoms with Crippen molar-refractivity contribution in [3.63, 3.8) is 0 Å². The molecule has 1 rings (SSSR count). The molecule has 0 radical (unpaired) electrons. The van der Waals surface area contributed by atoms with Crippen LogP contribution in [0.15, 0.2) is 24.3 Å². The van der Waals surface area contributed by atoms with Gasteiger partial charge < -0.3 is 16.4 Å². The Balaban J connectivity index is 2.62. The van der Waals surface area contributed by atoms with Gasteiger partial charge in [0.05, 0.1) is 12.1 Å². The number of carbonyl (C=O) groups is 2. The number of benzene rings is 1. The molecule has 1 aromatic rings. The van der Waals surface area contributed by atoms with E-state index in [1.165, 1.54) is 7.05 Å². The lowest BCUT2D eigenvalue weighted by Crippen LogP contribution is -2.35. The van der Waals surface area contributed by atoms with Crippen molar-refractivity contribution in [2.75, 3.05) is 19.3 Å². The molecular formula is C10H13N3O2. The van der Waals surface area contributed by atoms with Gasteiger partial charge in [0.25, 0.3) is 5.91 Å². The van der Waals surface area contributed by atoms with Gasteiger partial charge in [0.15, 0.2) is 0 Å². The highest BCUT2D eigenvalue weighted by molar-refractivity contribution is 6.00. The number of rotatable bonds is 3. The van der Waals surface area contributed by atoms with Crippen LogP contribution in [0.4, 0.5) is 5.69 Å². The average Bonchev–Trinajstić information content (AvgIpc) is 2.26. The van der Waals surface area contributed by atoms with E-state index >= 15 is 0 Å². The zero-order valence-electron chi connectivity index (χ0n) is 8.41. The number of amides is 2. The molecule has 0 heterocycles.